The quantitative estimate of drug-likeness (QED) is 0.472. The van der Waals surface area contributed by atoms with Crippen LogP contribution in [0.2, 0.25) is 0 Å². The molecule has 34 heavy (non-hydrogen) atoms. The SMILES string of the molecule is CCCc1cc2c(c(C(C)(C)C)c1)OP(=O)([O-])Oc1c(cc(CCC)cc1C(C)(C)C)CC2.[Na+]. The molecule has 0 atom stereocenters. The second-order valence-electron chi connectivity index (χ2n) is 11.4. The van der Waals surface area contributed by atoms with E-state index >= 15 is 0 Å². The Morgan fingerprint density at radius 2 is 1.12 bits per heavy atom. The average molecular weight is 495 g/mol. The van der Waals surface area contributed by atoms with Crippen LogP contribution in [0.3, 0.4) is 0 Å². The van der Waals surface area contributed by atoms with E-state index in [0.717, 1.165) is 47.9 Å². The molecular weight excluding hydrogens is 454 g/mol. The summed E-state index contributed by atoms with van der Waals surface area (Å²) >= 11 is 0. The van der Waals surface area contributed by atoms with Gasteiger partial charge in [-0.15, -0.1) is 0 Å². The van der Waals surface area contributed by atoms with Gasteiger partial charge in [-0.2, -0.15) is 0 Å². The van der Waals surface area contributed by atoms with E-state index in [2.05, 4.69) is 79.7 Å². The Morgan fingerprint density at radius 3 is 1.41 bits per heavy atom. The summed E-state index contributed by atoms with van der Waals surface area (Å²) in [6.45, 7) is 16.9. The molecule has 3 rings (SSSR count). The molecule has 2 aromatic carbocycles. The van der Waals surface area contributed by atoms with E-state index in [-0.39, 0.29) is 40.4 Å². The van der Waals surface area contributed by atoms with Crippen molar-refractivity contribution in [2.75, 3.05) is 0 Å². The smallest absolute Gasteiger partial charge is 0.736 e. The van der Waals surface area contributed by atoms with Gasteiger partial charge in [-0.1, -0.05) is 92.5 Å². The van der Waals surface area contributed by atoms with E-state index in [1.165, 1.54) is 11.1 Å². The van der Waals surface area contributed by atoms with Crippen molar-refractivity contribution in [3.8, 4) is 11.5 Å². The van der Waals surface area contributed by atoms with E-state index in [1.807, 2.05) is 0 Å². The summed E-state index contributed by atoms with van der Waals surface area (Å²) in [4.78, 5) is 13.3. The Hall–Kier alpha value is -0.770. The molecular formula is C28H40NaO4P. The predicted molar refractivity (Wildman–Crippen MR) is 135 cm³/mol. The molecule has 0 N–H and O–H groups in total. The largest absolute Gasteiger partial charge is 1.00 e. The molecule has 0 bridgehead atoms. The Labute approximate surface area is 228 Å². The summed E-state index contributed by atoms with van der Waals surface area (Å²) in [5.74, 6) is 0.888. The second-order valence-corrected chi connectivity index (χ2v) is 12.7. The molecule has 6 heteroatoms. The second kappa shape index (κ2) is 11.1. The van der Waals surface area contributed by atoms with E-state index < -0.39 is 7.82 Å². The number of fused-ring (bicyclic) bond motifs is 2. The molecule has 0 amide bonds. The summed E-state index contributed by atoms with van der Waals surface area (Å²) in [7, 11) is -4.65. The molecule has 1 aliphatic rings. The van der Waals surface area contributed by atoms with Crippen LogP contribution >= 0.6 is 7.82 Å². The summed E-state index contributed by atoms with van der Waals surface area (Å²) < 4.78 is 24.8. The molecule has 4 nitrogen and oxygen atoms in total. The van der Waals surface area contributed by atoms with Crippen molar-refractivity contribution in [2.45, 2.75) is 105 Å². The third-order valence-corrected chi connectivity index (χ3v) is 7.03. The Bertz CT molecular complexity index is 982. The standard InChI is InChI=1S/C28H41O4P.Na/c1-9-11-19-15-21-13-14-22-16-20(12-10-2)18-24(28(6,7)8)26(22)32-33(29,30)31-25(21)23(17-19)27(3,4)5;/h15-18H,9-14H2,1-8H3,(H,29,30);/q;+1/p-1. The fraction of sp³-hybridized carbons (Fsp3) is 0.571. The molecule has 0 fully saturated rings. The van der Waals surface area contributed by atoms with Gasteiger partial charge in [0.25, 0.3) is 0 Å². The molecule has 1 aliphatic heterocycles. The van der Waals surface area contributed by atoms with Gasteiger partial charge in [0.15, 0.2) is 0 Å². The molecule has 0 aromatic heterocycles. The van der Waals surface area contributed by atoms with Gasteiger partial charge in [0, 0.05) is 11.1 Å². The molecule has 0 saturated heterocycles. The monoisotopic (exact) mass is 494 g/mol. The van der Waals surface area contributed by atoms with Crippen molar-refractivity contribution in [1.29, 1.82) is 0 Å². The Kier molecular flexibility index (Phi) is 9.61. The van der Waals surface area contributed by atoms with Crippen LogP contribution in [0.1, 0.15) is 102 Å². The van der Waals surface area contributed by atoms with Gasteiger partial charge in [0.2, 0.25) is 0 Å². The van der Waals surface area contributed by atoms with Crippen molar-refractivity contribution in [3.05, 3.63) is 57.6 Å². The third-order valence-electron chi connectivity index (χ3n) is 6.21. The zero-order valence-electron chi connectivity index (χ0n) is 22.6. The van der Waals surface area contributed by atoms with Crippen LogP contribution in [0, 0.1) is 0 Å². The van der Waals surface area contributed by atoms with Crippen LogP contribution in [0.25, 0.3) is 0 Å². The fourth-order valence-corrected chi connectivity index (χ4v) is 5.50. The van der Waals surface area contributed by atoms with Crippen molar-refractivity contribution in [3.63, 3.8) is 0 Å². The molecule has 0 aliphatic carbocycles. The molecule has 0 saturated carbocycles. The van der Waals surface area contributed by atoms with E-state index in [4.69, 9.17) is 9.05 Å². The maximum Gasteiger partial charge on any atom is 1.00 e. The molecule has 0 spiro atoms. The first-order valence-electron chi connectivity index (χ1n) is 12.3. The number of hydrogen-bond acceptors (Lipinski definition) is 4. The van der Waals surface area contributed by atoms with E-state index in [1.54, 1.807) is 0 Å². The number of benzene rings is 2. The van der Waals surface area contributed by atoms with Gasteiger partial charge >= 0.3 is 37.4 Å². The Balaban J connectivity index is 0.00000408. The molecule has 0 unspecified atom stereocenters. The minimum atomic E-state index is -4.65. The van der Waals surface area contributed by atoms with Crippen molar-refractivity contribution in [2.24, 2.45) is 0 Å². The predicted octanol–water partition coefficient (Wildman–Crippen LogP) is 4.22. The molecule has 2 aromatic rings. The molecule has 0 radical (unpaired) electrons. The van der Waals surface area contributed by atoms with Gasteiger partial charge in [-0.05, 0) is 58.8 Å². The van der Waals surface area contributed by atoms with E-state index in [9.17, 15) is 9.46 Å². The third kappa shape index (κ3) is 6.92. The summed E-state index contributed by atoms with van der Waals surface area (Å²) in [5.41, 5.74) is 5.63. The molecule has 1 heterocycles. The van der Waals surface area contributed by atoms with Gasteiger partial charge in [0.05, 0.1) is 0 Å². The summed E-state index contributed by atoms with van der Waals surface area (Å²) in [6.07, 6.45) is 5.37. The normalized spacial score (nSPS) is 15.4. The fourth-order valence-electron chi connectivity index (χ4n) is 4.59. The van der Waals surface area contributed by atoms with Gasteiger partial charge in [-0.3, -0.25) is 0 Å². The van der Waals surface area contributed by atoms with E-state index in [0.29, 0.717) is 24.3 Å². The van der Waals surface area contributed by atoms with Crippen LogP contribution in [0.4, 0.5) is 0 Å². The van der Waals surface area contributed by atoms with Crippen LogP contribution in [0.15, 0.2) is 24.3 Å². The first-order valence-corrected chi connectivity index (χ1v) is 13.7. The van der Waals surface area contributed by atoms with Crippen molar-refractivity contribution < 1.29 is 48.1 Å². The van der Waals surface area contributed by atoms with Gasteiger partial charge < -0.3 is 13.9 Å². The number of phosphoric acid groups is 1. The van der Waals surface area contributed by atoms with Crippen LogP contribution < -0.4 is 43.5 Å². The average Bonchev–Trinajstić information content (AvgIpc) is 2.72. The minimum absolute atomic E-state index is 0. The van der Waals surface area contributed by atoms with Gasteiger partial charge in [-0.25, -0.2) is 4.57 Å². The first kappa shape index (κ1) is 29.5. The maximum absolute atomic E-state index is 13.3. The minimum Gasteiger partial charge on any atom is -0.736 e. The first-order chi connectivity index (χ1) is 15.2. The van der Waals surface area contributed by atoms with Crippen LogP contribution in [-0.2, 0) is 41.1 Å². The number of rotatable bonds is 4. The number of phosphoric ester groups is 1. The van der Waals surface area contributed by atoms with Crippen LogP contribution in [-0.4, -0.2) is 0 Å². The zero-order chi connectivity index (χ0) is 24.6. The Morgan fingerprint density at radius 1 is 0.765 bits per heavy atom. The van der Waals surface area contributed by atoms with Crippen molar-refractivity contribution in [1.82, 2.24) is 0 Å². The summed E-state index contributed by atoms with van der Waals surface area (Å²) in [5, 5.41) is 0. The van der Waals surface area contributed by atoms with Gasteiger partial charge in [0.1, 0.15) is 11.5 Å². The van der Waals surface area contributed by atoms with Crippen LogP contribution in [0.5, 0.6) is 11.5 Å². The maximum atomic E-state index is 13.3. The summed E-state index contributed by atoms with van der Waals surface area (Å²) in [6, 6.07) is 8.46. The number of aryl methyl sites for hydroxylation is 4. The zero-order valence-corrected chi connectivity index (χ0v) is 25.5. The van der Waals surface area contributed by atoms with Crippen molar-refractivity contribution >= 4 is 7.82 Å². The number of hydrogen-bond donors (Lipinski definition) is 0. The topological polar surface area (TPSA) is 58.6 Å². The molecule has 182 valence electrons.